The number of halogens is 1. The maximum absolute atomic E-state index is 13.1. The predicted molar refractivity (Wildman–Crippen MR) is 154 cm³/mol. The molecule has 0 bridgehead atoms. The summed E-state index contributed by atoms with van der Waals surface area (Å²) in [6.45, 7) is 1.48. The lowest BCUT2D eigenvalue weighted by molar-refractivity contribution is 0.0949. The van der Waals surface area contributed by atoms with E-state index in [2.05, 4.69) is 27.0 Å². The van der Waals surface area contributed by atoms with Crippen LogP contribution in [0.3, 0.4) is 0 Å². The van der Waals surface area contributed by atoms with Gasteiger partial charge in [0.2, 0.25) is 0 Å². The molecule has 0 saturated carbocycles. The zero-order valence-corrected chi connectivity index (χ0v) is 22.2. The summed E-state index contributed by atoms with van der Waals surface area (Å²) in [5, 5.41) is 30.3. The summed E-state index contributed by atoms with van der Waals surface area (Å²) in [4.78, 5) is 30.6. The summed E-state index contributed by atoms with van der Waals surface area (Å²) in [7, 11) is 0. The average Bonchev–Trinajstić information content (AvgIpc) is 3.50. The summed E-state index contributed by atoms with van der Waals surface area (Å²) in [6.07, 6.45) is 2.10. The number of nitrogens with one attached hydrogen (secondary N) is 3. The zero-order chi connectivity index (χ0) is 28.1. The van der Waals surface area contributed by atoms with E-state index in [1.54, 1.807) is 72.8 Å². The Morgan fingerprint density at radius 2 is 1.80 bits per heavy atom. The van der Waals surface area contributed by atoms with Gasteiger partial charge in [-0.15, -0.1) is 0 Å². The number of nitriles is 1. The zero-order valence-electron chi connectivity index (χ0n) is 21.4. The SMILES string of the molecule is N#Cc1c(-c2cccc(C(=O)NCC3CCCN3)c2)cc(-c2ccccc2O)nc1NC(=O)c1ccc(Cl)cc1. The molecule has 1 aliphatic rings. The molecule has 1 saturated heterocycles. The predicted octanol–water partition coefficient (Wildman–Crippen LogP) is 5.38. The highest BCUT2D eigenvalue weighted by Crippen LogP contribution is 2.35. The number of nitrogens with zero attached hydrogens (tertiary/aromatic N) is 2. The number of hydrogen-bond donors (Lipinski definition) is 4. The lowest BCUT2D eigenvalue weighted by Crippen LogP contribution is -2.37. The van der Waals surface area contributed by atoms with E-state index >= 15 is 0 Å². The van der Waals surface area contributed by atoms with Crippen LogP contribution in [-0.2, 0) is 0 Å². The Hall–Kier alpha value is -4.71. The number of pyridine rings is 1. The summed E-state index contributed by atoms with van der Waals surface area (Å²) < 4.78 is 0. The third kappa shape index (κ3) is 5.96. The van der Waals surface area contributed by atoms with Crippen LogP contribution >= 0.6 is 11.6 Å². The molecular formula is C31H26ClN5O3. The molecule has 0 radical (unpaired) electrons. The molecular weight excluding hydrogens is 526 g/mol. The van der Waals surface area contributed by atoms with E-state index in [9.17, 15) is 20.0 Å². The van der Waals surface area contributed by atoms with Crippen LogP contribution in [0.1, 0.15) is 39.1 Å². The number of phenols is 1. The fraction of sp³-hybridized carbons (Fsp3) is 0.161. The molecule has 1 aromatic heterocycles. The van der Waals surface area contributed by atoms with E-state index in [0.29, 0.717) is 45.1 Å². The van der Waals surface area contributed by atoms with Gasteiger partial charge in [0.1, 0.15) is 17.4 Å². The van der Waals surface area contributed by atoms with Crippen LogP contribution in [0.2, 0.25) is 5.02 Å². The second-order valence-corrected chi connectivity index (χ2v) is 9.89. The maximum Gasteiger partial charge on any atom is 0.256 e. The summed E-state index contributed by atoms with van der Waals surface area (Å²) in [5.74, 6) is -0.676. The molecule has 200 valence electrons. The molecule has 1 fully saturated rings. The van der Waals surface area contributed by atoms with Gasteiger partial charge in [0.25, 0.3) is 11.8 Å². The van der Waals surface area contributed by atoms with E-state index in [4.69, 9.17) is 11.6 Å². The molecule has 1 atom stereocenters. The normalized spacial score (nSPS) is 14.3. The van der Waals surface area contributed by atoms with Crippen LogP contribution in [0.5, 0.6) is 5.75 Å². The molecule has 40 heavy (non-hydrogen) atoms. The molecule has 2 amide bonds. The first-order valence-electron chi connectivity index (χ1n) is 12.9. The first-order valence-corrected chi connectivity index (χ1v) is 13.2. The van der Waals surface area contributed by atoms with Crippen LogP contribution in [0.4, 0.5) is 5.82 Å². The molecule has 9 heteroatoms. The van der Waals surface area contributed by atoms with E-state index in [1.165, 1.54) is 6.07 Å². The monoisotopic (exact) mass is 551 g/mol. The highest BCUT2D eigenvalue weighted by atomic mass is 35.5. The van der Waals surface area contributed by atoms with Crippen molar-refractivity contribution in [1.29, 1.82) is 5.26 Å². The van der Waals surface area contributed by atoms with Crippen molar-refractivity contribution in [2.45, 2.75) is 18.9 Å². The standard InChI is InChI=1S/C31H26ClN5O3/c32-22-12-10-19(11-13-22)31(40)37-29-26(17-33)25(16-27(36-29)24-8-1-2-9-28(24)38)20-5-3-6-21(15-20)30(39)35-18-23-7-4-14-34-23/h1-3,5-6,8-13,15-16,23,34,38H,4,7,14,18H2,(H,35,39)(H,36,37,40). The molecule has 5 rings (SSSR count). The highest BCUT2D eigenvalue weighted by Gasteiger charge is 2.20. The second kappa shape index (κ2) is 12.0. The van der Waals surface area contributed by atoms with Crippen LogP contribution in [0.15, 0.2) is 78.9 Å². The minimum absolute atomic E-state index is 0.00529. The Morgan fingerprint density at radius 1 is 1.00 bits per heavy atom. The van der Waals surface area contributed by atoms with Gasteiger partial charge in [-0.3, -0.25) is 9.59 Å². The van der Waals surface area contributed by atoms with Gasteiger partial charge in [-0.25, -0.2) is 4.98 Å². The van der Waals surface area contributed by atoms with Crippen LogP contribution in [0, 0.1) is 11.3 Å². The van der Waals surface area contributed by atoms with E-state index in [-0.39, 0.29) is 29.1 Å². The van der Waals surface area contributed by atoms with Gasteiger partial charge in [-0.05, 0) is 79.5 Å². The number of hydrogen-bond acceptors (Lipinski definition) is 6. The minimum Gasteiger partial charge on any atom is -0.507 e. The largest absolute Gasteiger partial charge is 0.507 e. The summed E-state index contributed by atoms with van der Waals surface area (Å²) >= 11 is 5.96. The third-order valence-corrected chi connectivity index (χ3v) is 7.01. The number of carbonyl (C=O) groups excluding carboxylic acids is 2. The van der Waals surface area contributed by atoms with Gasteiger partial charge < -0.3 is 21.1 Å². The number of anilines is 1. The van der Waals surface area contributed by atoms with Gasteiger partial charge >= 0.3 is 0 Å². The summed E-state index contributed by atoms with van der Waals surface area (Å²) in [5.41, 5.74) is 2.70. The number of phenolic OH excluding ortho intramolecular Hbond substituents is 1. The number of para-hydroxylation sites is 1. The fourth-order valence-corrected chi connectivity index (χ4v) is 4.79. The smallest absolute Gasteiger partial charge is 0.256 e. The molecule has 0 aliphatic carbocycles. The Balaban J connectivity index is 1.55. The van der Waals surface area contributed by atoms with Crippen molar-refractivity contribution in [2.24, 2.45) is 0 Å². The van der Waals surface area contributed by atoms with E-state index in [1.807, 2.05) is 0 Å². The molecule has 2 heterocycles. The minimum atomic E-state index is -0.477. The van der Waals surface area contributed by atoms with Crippen molar-refractivity contribution >= 4 is 29.2 Å². The van der Waals surface area contributed by atoms with Crippen molar-refractivity contribution in [3.8, 4) is 34.2 Å². The van der Waals surface area contributed by atoms with Crippen LogP contribution < -0.4 is 16.0 Å². The van der Waals surface area contributed by atoms with Crippen molar-refractivity contribution in [2.75, 3.05) is 18.4 Å². The lowest BCUT2D eigenvalue weighted by Gasteiger charge is -2.15. The van der Waals surface area contributed by atoms with E-state index in [0.717, 1.165) is 19.4 Å². The van der Waals surface area contributed by atoms with Crippen LogP contribution in [0.25, 0.3) is 22.4 Å². The molecule has 1 unspecified atom stereocenters. The third-order valence-electron chi connectivity index (χ3n) is 6.76. The molecule has 8 nitrogen and oxygen atoms in total. The Morgan fingerprint density at radius 3 is 2.52 bits per heavy atom. The Bertz CT molecular complexity index is 1610. The quantitative estimate of drug-likeness (QED) is 0.244. The topological polar surface area (TPSA) is 127 Å². The van der Waals surface area contributed by atoms with Gasteiger partial charge in [-0.1, -0.05) is 35.9 Å². The number of carbonyl (C=O) groups is 2. The molecule has 3 aromatic carbocycles. The van der Waals surface area contributed by atoms with Gasteiger partial charge in [-0.2, -0.15) is 5.26 Å². The first-order chi connectivity index (χ1) is 19.4. The molecule has 0 spiro atoms. The number of amides is 2. The van der Waals surface area contributed by atoms with Gasteiger partial charge in [0.15, 0.2) is 5.82 Å². The second-order valence-electron chi connectivity index (χ2n) is 9.45. The Labute approximate surface area is 236 Å². The first kappa shape index (κ1) is 26.9. The summed E-state index contributed by atoms with van der Waals surface area (Å²) in [6, 6.07) is 24.0. The van der Waals surface area contributed by atoms with Crippen molar-refractivity contribution < 1.29 is 14.7 Å². The molecule has 1 aliphatic heterocycles. The maximum atomic E-state index is 13.1. The Kier molecular flexibility index (Phi) is 8.06. The highest BCUT2D eigenvalue weighted by molar-refractivity contribution is 6.30. The van der Waals surface area contributed by atoms with Crippen molar-refractivity contribution in [1.82, 2.24) is 15.6 Å². The fourth-order valence-electron chi connectivity index (χ4n) is 4.66. The van der Waals surface area contributed by atoms with Gasteiger partial charge in [0, 0.05) is 39.9 Å². The van der Waals surface area contributed by atoms with Crippen LogP contribution in [-0.4, -0.2) is 41.0 Å². The average molecular weight is 552 g/mol. The number of aromatic hydroxyl groups is 1. The molecule has 4 aromatic rings. The van der Waals surface area contributed by atoms with Crippen molar-refractivity contribution in [3.05, 3.63) is 101 Å². The lowest BCUT2D eigenvalue weighted by atomic mass is 9.96. The van der Waals surface area contributed by atoms with Crippen molar-refractivity contribution in [3.63, 3.8) is 0 Å². The number of rotatable bonds is 7. The van der Waals surface area contributed by atoms with E-state index < -0.39 is 5.91 Å². The molecule has 4 N–H and O–H groups in total. The van der Waals surface area contributed by atoms with Gasteiger partial charge in [0.05, 0.1) is 5.69 Å². The number of benzene rings is 3. The number of aromatic nitrogens is 1.